The molecule has 0 spiro atoms. The Labute approximate surface area is 116 Å². The van der Waals surface area contributed by atoms with Gasteiger partial charge < -0.3 is 15.1 Å². The van der Waals surface area contributed by atoms with Gasteiger partial charge >= 0.3 is 5.97 Å². The molecule has 0 radical (unpaired) electrons. The predicted molar refractivity (Wildman–Crippen MR) is 72.1 cm³/mol. The minimum absolute atomic E-state index is 0.0706. The van der Waals surface area contributed by atoms with E-state index in [0.29, 0.717) is 12.1 Å². The van der Waals surface area contributed by atoms with Crippen LogP contribution < -0.4 is 0 Å². The Morgan fingerprint density at radius 1 is 1.50 bits per heavy atom. The van der Waals surface area contributed by atoms with Crippen molar-refractivity contribution in [2.75, 3.05) is 13.2 Å². The van der Waals surface area contributed by atoms with E-state index < -0.39 is 5.97 Å². The van der Waals surface area contributed by atoms with Crippen LogP contribution in [0.5, 0.6) is 0 Å². The first kappa shape index (κ1) is 14.2. The molecule has 0 aliphatic carbocycles. The molecule has 1 saturated heterocycles. The molecule has 2 N–H and O–H groups in total. The second kappa shape index (κ2) is 6.29. The number of carbonyl (C=O) groups is 2. The smallest absolute Gasteiger partial charge is 0.328 e. The SMILES string of the molecule is O=C(O)/C=C/c1cccnc1C(=O)N1CCCC1CO. The fourth-order valence-corrected chi connectivity index (χ4v) is 2.32. The third-order valence-electron chi connectivity index (χ3n) is 3.30. The highest BCUT2D eigenvalue weighted by Crippen LogP contribution is 2.20. The normalized spacial score (nSPS) is 18.6. The molecule has 0 aromatic carbocycles. The minimum Gasteiger partial charge on any atom is -0.478 e. The number of nitrogens with zero attached hydrogens (tertiary/aromatic N) is 2. The Hall–Kier alpha value is -2.21. The lowest BCUT2D eigenvalue weighted by Gasteiger charge is -2.23. The summed E-state index contributed by atoms with van der Waals surface area (Å²) in [5.41, 5.74) is 0.675. The van der Waals surface area contributed by atoms with Crippen LogP contribution in [0, 0.1) is 0 Å². The molecule has 2 heterocycles. The summed E-state index contributed by atoms with van der Waals surface area (Å²) in [5, 5.41) is 17.9. The lowest BCUT2D eigenvalue weighted by molar-refractivity contribution is -0.131. The number of likely N-dealkylation sites (tertiary alicyclic amines) is 1. The van der Waals surface area contributed by atoms with Crippen molar-refractivity contribution in [2.45, 2.75) is 18.9 Å². The molecule has 106 valence electrons. The molecular formula is C14H16N2O4. The van der Waals surface area contributed by atoms with E-state index in [1.165, 1.54) is 12.3 Å². The Balaban J connectivity index is 2.28. The van der Waals surface area contributed by atoms with Gasteiger partial charge in [-0.3, -0.25) is 9.78 Å². The van der Waals surface area contributed by atoms with E-state index in [1.54, 1.807) is 17.0 Å². The van der Waals surface area contributed by atoms with E-state index in [2.05, 4.69) is 4.98 Å². The molecule has 2 rings (SSSR count). The lowest BCUT2D eigenvalue weighted by atomic mass is 10.1. The van der Waals surface area contributed by atoms with Gasteiger partial charge in [0.1, 0.15) is 5.69 Å². The number of aromatic nitrogens is 1. The molecule has 1 aliphatic rings. The van der Waals surface area contributed by atoms with E-state index >= 15 is 0 Å². The average Bonchev–Trinajstić information content (AvgIpc) is 2.93. The summed E-state index contributed by atoms with van der Waals surface area (Å²) in [4.78, 5) is 28.7. The average molecular weight is 276 g/mol. The zero-order valence-corrected chi connectivity index (χ0v) is 10.9. The molecule has 6 nitrogen and oxygen atoms in total. The molecule has 1 aromatic heterocycles. The van der Waals surface area contributed by atoms with Crippen molar-refractivity contribution in [1.82, 2.24) is 9.88 Å². The van der Waals surface area contributed by atoms with Gasteiger partial charge in [-0.05, 0) is 25.0 Å². The van der Waals surface area contributed by atoms with Gasteiger partial charge in [-0.25, -0.2) is 4.79 Å². The van der Waals surface area contributed by atoms with Crippen LogP contribution in [0.2, 0.25) is 0 Å². The third kappa shape index (κ3) is 3.03. The molecule has 1 aromatic rings. The van der Waals surface area contributed by atoms with Gasteiger partial charge in [0.15, 0.2) is 0 Å². The Morgan fingerprint density at radius 3 is 3.00 bits per heavy atom. The maximum absolute atomic E-state index is 12.5. The lowest BCUT2D eigenvalue weighted by Crippen LogP contribution is -2.38. The Bertz CT molecular complexity index is 542. The van der Waals surface area contributed by atoms with Crippen LogP contribution in [-0.4, -0.2) is 51.2 Å². The standard InChI is InChI=1S/C14H16N2O4/c17-9-11-4-2-8-16(11)14(20)13-10(3-1-7-15-13)5-6-12(18)19/h1,3,5-7,11,17H,2,4,8-9H2,(H,18,19)/b6-5+. The molecule has 1 aliphatic heterocycles. The van der Waals surface area contributed by atoms with E-state index in [9.17, 15) is 14.7 Å². The second-order valence-electron chi connectivity index (χ2n) is 4.59. The summed E-state index contributed by atoms with van der Waals surface area (Å²) in [5.74, 6) is -1.35. The first-order valence-electron chi connectivity index (χ1n) is 6.41. The van der Waals surface area contributed by atoms with E-state index in [4.69, 9.17) is 5.11 Å². The van der Waals surface area contributed by atoms with Crippen molar-refractivity contribution in [2.24, 2.45) is 0 Å². The topological polar surface area (TPSA) is 90.7 Å². The highest BCUT2D eigenvalue weighted by Gasteiger charge is 2.30. The highest BCUT2D eigenvalue weighted by atomic mass is 16.4. The number of aliphatic hydroxyl groups is 1. The Kier molecular flexibility index (Phi) is 4.47. The number of carbonyl (C=O) groups excluding carboxylic acids is 1. The first-order chi connectivity index (χ1) is 9.63. The van der Waals surface area contributed by atoms with Crippen LogP contribution in [0.3, 0.4) is 0 Å². The van der Waals surface area contributed by atoms with Crippen molar-refractivity contribution < 1.29 is 19.8 Å². The summed E-state index contributed by atoms with van der Waals surface area (Å²) >= 11 is 0. The molecule has 1 atom stereocenters. The number of carboxylic acids is 1. The van der Waals surface area contributed by atoms with Crippen molar-refractivity contribution in [1.29, 1.82) is 0 Å². The van der Waals surface area contributed by atoms with Gasteiger partial charge in [0.05, 0.1) is 12.6 Å². The molecule has 6 heteroatoms. The summed E-state index contributed by atoms with van der Waals surface area (Å²) in [6.45, 7) is 0.515. The van der Waals surface area contributed by atoms with Gasteiger partial charge in [-0.1, -0.05) is 6.07 Å². The third-order valence-corrected chi connectivity index (χ3v) is 3.30. The van der Waals surface area contributed by atoms with Crippen LogP contribution in [0.25, 0.3) is 6.08 Å². The number of hydrogen-bond acceptors (Lipinski definition) is 4. The molecule has 0 saturated carbocycles. The van der Waals surface area contributed by atoms with E-state index in [-0.39, 0.29) is 24.2 Å². The number of carboxylic acid groups (broad SMARTS) is 1. The predicted octanol–water partition coefficient (Wildman–Crippen LogP) is 0.776. The maximum atomic E-state index is 12.5. The summed E-state index contributed by atoms with van der Waals surface area (Å²) in [7, 11) is 0. The van der Waals surface area contributed by atoms with Crippen LogP contribution >= 0.6 is 0 Å². The molecule has 1 unspecified atom stereocenters. The molecular weight excluding hydrogens is 260 g/mol. The van der Waals surface area contributed by atoms with Crippen LogP contribution in [0.1, 0.15) is 28.9 Å². The van der Waals surface area contributed by atoms with Crippen molar-refractivity contribution >= 4 is 18.0 Å². The quantitative estimate of drug-likeness (QED) is 0.793. The molecule has 1 amide bonds. The van der Waals surface area contributed by atoms with Crippen molar-refractivity contribution in [3.05, 3.63) is 35.7 Å². The second-order valence-corrected chi connectivity index (χ2v) is 4.59. The number of aliphatic carboxylic acids is 1. The number of amides is 1. The highest BCUT2D eigenvalue weighted by molar-refractivity contribution is 5.97. The van der Waals surface area contributed by atoms with Crippen LogP contribution in [0.4, 0.5) is 0 Å². The van der Waals surface area contributed by atoms with Gasteiger partial charge in [-0.2, -0.15) is 0 Å². The fourth-order valence-electron chi connectivity index (χ4n) is 2.32. The molecule has 1 fully saturated rings. The van der Waals surface area contributed by atoms with Crippen LogP contribution in [-0.2, 0) is 4.79 Å². The summed E-state index contributed by atoms with van der Waals surface area (Å²) < 4.78 is 0. The zero-order valence-electron chi connectivity index (χ0n) is 10.9. The van der Waals surface area contributed by atoms with E-state index in [1.807, 2.05) is 0 Å². The summed E-state index contributed by atoms with van der Waals surface area (Å²) in [6.07, 6.45) is 5.45. The van der Waals surface area contributed by atoms with Crippen molar-refractivity contribution in [3.63, 3.8) is 0 Å². The van der Waals surface area contributed by atoms with Gasteiger partial charge in [0.2, 0.25) is 0 Å². The number of aliphatic hydroxyl groups excluding tert-OH is 1. The number of rotatable bonds is 4. The van der Waals surface area contributed by atoms with Crippen molar-refractivity contribution in [3.8, 4) is 0 Å². The van der Waals surface area contributed by atoms with Gasteiger partial charge in [-0.15, -0.1) is 0 Å². The fraction of sp³-hybridized carbons (Fsp3) is 0.357. The van der Waals surface area contributed by atoms with Gasteiger partial charge in [0.25, 0.3) is 5.91 Å². The van der Waals surface area contributed by atoms with E-state index in [0.717, 1.165) is 18.9 Å². The largest absolute Gasteiger partial charge is 0.478 e. The first-order valence-corrected chi connectivity index (χ1v) is 6.41. The molecule has 20 heavy (non-hydrogen) atoms. The van der Waals surface area contributed by atoms with Crippen LogP contribution in [0.15, 0.2) is 24.4 Å². The zero-order chi connectivity index (χ0) is 14.5. The summed E-state index contributed by atoms with van der Waals surface area (Å²) in [6, 6.07) is 3.11. The number of pyridine rings is 1. The number of hydrogen-bond donors (Lipinski definition) is 2. The van der Waals surface area contributed by atoms with Gasteiger partial charge in [0, 0.05) is 24.4 Å². The maximum Gasteiger partial charge on any atom is 0.328 e. The minimum atomic E-state index is -1.08. The molecule has 0 bridgehead atoms. The Morgan fingerprint density at radius 2 is 2.30 bits per heavy atom. The monoisotopic (exact) mass is 276 g/mol.